The Balaban J connectivity index is 1.43. The molecule has 5 rings (SSSR count). The fourth-order valence-electron chi connectivity index (χ4n) is 4.61. The quantitative estimate of drug-likeness (QED) is 0.225. The van der Waals surface area contributed by atoms with Crippen molar-refractivity contribution in [3.63, 3.8) is 0 Å². The van der Waals surface area contributed by atoms with Crippen molar-refractivity contribution in [3.8, 4) is 11.3 Å². The lowest BCUT2D eigenvalue weighted by Crippen LogP contribution is -2.32. The van der Waals surface area contributed by atoms with Crippen LogP contribution < -0.4 is 10.6 Å². The number of benzene rings is 2. The molecule has 3 heterocycles. The zero-order chi connectivity index (χ0) is 27.5. The summed E-state index contributed by atoms with van der Waals surface area (Å²) in [5.74, 6) is -0.197. The van der Waals surface area contributed by atoms with Crippen molar-refractivity contribution in [2.75, 3.05) is 11.9 Å². The minimum absolute atomic E-state index is 0.101. The highest BCUT2D eigenvalue weighted by atomic mass is 35.5. The molecule has 1 aliphatic heterocycles. The summed E-state index contributed by atoms with van der Waals surface area (Å²) < 4.78 is 6.27. The highest BCUT2D eigenvalue weighted by Gasteiger charge is 2.41. The third-order valence-corrected chi connectivity index (χ3v) is 7.28. The molecular weight excluding hydrogens is 536 g/mol. The van der Waals surface area contributed by atoms with Gasteiger partial charge in [-0.05, 0) is 73.2 Å². The largest absolute Gasteiger partial charge is 0.478 e. The number of thiocarbonyl (C=S) groups is 1. The van der Waals surface area contributed by atoms with Gasteiger partial charge < -0.3 is 25.1 Å². The van der Waals surface area contributed by atoms with Gasteiger partial charge in [0, 0.05) is 30.4 Å². The van der Waals surface area contributed by atoms with Crippen LogP contribution in [0.3, 0.4) is 0 Å². The number of halogens is 1. The van der Waals surface area contributed by atoms with Gasteiger partial charge in [0.05, 0.1) is 22.3 Å². The van der Waals surface area contributed by atoms with E-state index in [2.05, 4.69) is 15.6 Å². The van der Waals surface area contributed by atoms with Crippen LogP contribution in [-0.2, 0) is 4.79 Å². The van der Waals surface area contributed by atoms with Crippen LogP contribution >= 0.6 is 23.8 Å². The van der Waals surface area contributed by atoms with Crippen LogP contribution in [0.5, 0.6) is 0 Å². The number of hydrogen-bond donors (Lipinski definition) is 3. The number of hydrogen-bond acceptors (Lipinski definition) is 5. The van der Waals surface area contributed by atoms with Gasteiger partial charge in [-0.1, -0.05) is 35.9 Å². The van der Waals surface area contributed by atoms with Gasteiger partial charge in [0.15, 0.2) is 5.11 Å². The number of anilines is 1. The Kier molecular flexibility index (Phi) is 7.63. The summed E-state index contributed by atoms with van der Waals surface area (Å²) in [4.78, 5) is 30.8. The molecule has 10 heteroatoms. The lowest BCUT2D eigenvalue weighted by atomic mass is 10.0. The summed E-state index contributed by atoms with van der Waals surface area (Å²) in [6.07, 6.45) is 1.90. The summed E-state index contributed by atoms with van der Waals surface area (Å²) in [6.45, 7) is 2.28. The van der Waals surface area contributed by atoms with E-state index >= 15 is 0 Å². The topological polar surface area (TPSA) is 108 Å². The van der Waals surface area contributed by atoms with E-state index in [1.165, 1.54) is 18.2 Å². The minimum Gasteiger partial charge on any atom is -0.478 e. The van der Waals surface area contributed by atoms with Gasteiger partial charge in [0.25, 0.3) is 0 Å². The molecule has 0 radical (unpaired) electrons. The van der Waals surface area contributed by atoms with Gasteiger partial charge in [-0.2, -0.15) is 0 Å². The van der Waals surface area contributed by atoms with Crippen LogP contribution in [0.1, 0.15) is 45.9 Å². The van der Waals surface area contributed by atoms with Crippen molar-refractivity contribution >= 4 is 46.5 Å². The van der Waals surface area contributed by atoms with Crippen LogP contribution in [0, 0.1) is 6.92 Å². The lowest BCUT2D eigenvalue weighted by Gasteiger charge is -2.26. The standard InChI is InChI=1S/C29H25ClN4O4S/c1-17-6-2-3-7-21(17)32-25(35)13-15-34-27(26(33-29(34)39)22-8-4-5-14-31-22)24-12-11-23(38-24)19-16-18(28(36)37)9-10-20(19)30/h2-12,14,16,26-27H,13,15H2,1H3,(H,32,35)(H,33,39)(H,36,37)/t26-,27-/m0/s1. The number of aryl methyl sites for hydroxylation is 1. The Labute approximate surface area is 235 Å². The molecule has 3 N–H and O–H groups in total. The third kappa shape index (κ3) is 5.64. The summed E-state index contributed by atoms with van der Waals surface area (Å²) in [7, 11) is 0. The first-order valence-electron chi connectivity index (χ1n) is 12.3. The smallest absolute Gasteiger partial charge is 0.335 e. The second-order valence-electron chi connectivity index (χ2n) is 9.13. The van der Waals surface area contributed by atoms with Crippen LogP contribution in [0.2, 0.25) is 5.02 Å². The average Bonchev–Trinajstić information content (AvgIpc) is 3.54. The van der Waals surface area contributed by atoms with Gasteiger partial charge >= 0.3 is 5.97 Å². The summed E-state index contributed by atoms with van der Waals surface area (Å²) in [6, 6.07) is 20.5. The molecule has 1 saturated heterocycles. The molecule has 0 unspecified atom stereocenters. The summed E-state index contributed by atoms with van der Waals surface area (Å²) in [5, 5.41) is 16.6. The van der Waals surface area contributed by atoms with Crippen LogP contribution in [0.4, 0.5) is 5.69 Å². The van der Waals surface area contributed by atoms with E-state index in [1.807, 2.05) is 60.4 Å². The maximum absolute atomic E-state index is 12.8. The number of carboxylic acids is 1. The molecule has 1 amide bonds. The fraction of sp³-hybridized carbons (Fsp3) is 0.172. The molecule has 39 heavy (non-hydrogen) atoms. The molecule has 2 atom stereocenters. The lowest BCUT2D eigenvalue weighted by molar-refractivity contribution is -0.116. The van der Waals surface area contributed by atoms with Gasteiger partial charge in [0.1, 0.15) is 17.6 Å². The highest BCUT2D eigenvalue weighted by Crippen LogP contribution is 2.41. The number of nitrogens with zero attached hydrogens (tertiary/aromatic N) is 2. The predicted octanol–water partition coefficient (Wildman–Crippen LogP) is 6.00. The van der Waals surface area contributed by atoms with E-state index in [1.54, 1.807) is 12.3 Å². The van der Waals surface area contributed by atoms with Gasteiger partial charge in [0.2, 0.25) is 5.91 Å². The molecule has 0 spiro atoms. The summed E-state index contributed by atoms with van der Waals surface area (Å²) in [5.41, 5.74) is 3.08. The first-order chi connectivity index (χ1) is 18.8. The van der Waals surface area contributed by atoms with E-state index in [9.17, 15) is 14.7 Å². The SMILES string of the molecule is Cc1ccccc1NC(=O)CCN1C(=S)N[C@@H](c2ccccn2)[C@@H]1c1ccc(-c2cc(C(=O)O)ccc2Cl)o1. The first-order valence-corrected chi connectivity index (χ1v) is 13.1. The van der Waals surface area contributed by atoms with Crippen LogP contribution in [-0.4, -0.2) is 38.5 Å². The van der Waals surface area contributed by atoms with Crippen molar-refractivity contribution in [2.45, 2.75) is 25.4 Å². The summed E-state index contributed by atoms with van der Waals surface area (Å²) >= 11 is 12.1. The number of furan rings is 1. The Morgan fingerprint density at radius 3 is 2.67 bits per heavy atom. The molecule has 0 aliphatic carbocycles. The second-order valence-corrected chi connectivity index (χ2v) is 9.93. The zero-order valence-electron chi connectivity index (χ0n) is 20.9. The third-order valence-electron chi connectivity index (χ3n) is 6.59. The number of amides is 1. The molecule has 1 fully saturated rings. The van der Waals surface area contributed by atoms with Crippen LogP contribution in [0.15, 0.2) is 83.4 Å². The monoisotopic (exact) mass is 560 g/mol. The number of nitrogens with one attached hydrogen (secondary N) is 2. The maximum Gasteiger partial charge on any atom is 0.335 e. The average molecular weight is 561 g/mol. The predicted molar refractivity (Wildman–Crippen MR) is 153 cm³/mol. The normalized spacial score (nSPS) is 16.7. The molecule has 198 valence electrons. The van der Waals surface area contributed by atoms with Gasteiger partial charge in [-0.25, -0.2) is 4.79 Å². The Hall–Kier alpha value is -4.21. The van der Waals surface area contributed by atoms with E-state index < -0.39 is 12.0 Å². The maximum atomic E-state index is 12.8. The van der Waals surface area contributed by atoms with E-state index in [0.29, 0.717) is 33.8 Å². The highest BCUT2D eigenvalue weighted by molar-refractivity contribution is 7.80. The zero-order valence-corrected chi connectivity index (χ0v) is 22.5. The van der Waals surface area contributed by atoms with Gasteiger partial charge in [-0.3, -0.25) is 9.78 Å². The number of pyridine rings is 1. The molecule has 0 saturated carbocycles. The molecule has 4 aromatic rings. The molecule has 8 nitrogen and oxygen atoms in total. The molecule has 1 aliphatic rings. The second kappa shape index (κ2) is 11.3. The molecular formula is C29H25ClN4O4S. The Bertz CT molecular complexity index is 1540. The molecule has 0 bridgehead atoms. The fourth-order valence-corrected chi connectivity index (χ4v) is 5.15. The molecule has 2 aromatic heterocycles. The van der Waals surface area contributed by atoms with E-state index in [4.69, 9.17) is 28.2 Å². The molecule has 2 aromatic carbocycles. The Morgan fingerprint density at radius 2 is 1.92 bits per heavy atom. The van der Waals surface area contributed by atoms with Crippen molar-refractivity contribution in [2.24, 2.45) is 0 Å². The number of carboxylic acid groups (broad SMARTS) is 1. The number of aromatic carboxylic acids is 1. The van der Waals surface area contributed by atoms with Crippen molar-refractivity contribution < 1.29 is 19.1 Å². The number of rotatable bonds is 8. The van der Waals surface area contributed by atoms with Gasteiger partial charge in [-0.15, -0.1) is 0 Å². The van der Waals surface area contributed by atoms with E-state index in [0.717, 1.165) is 16.9 Å². The van der Waals surface area contributed by atoms with Crippen molar-refractivity contribution in [1.29, 1.82) is 0 Å². The number of aromatic nitrogens is 1. The van der Waals surface area contributed by atoms with Crippen LogP contribution in [0.25, 0.3) is 11.3 Å². The Morgan fingerprint density at radius 1 is 1.13 bits per heavy atom. The first kappa shape index (κ1) is 26.4. The van der Waals surface area contributed by atoms with E-state index in [-0.39, 0.29) is 23.9 Å². The minimum atomic E-state index is -1.06. The number of carbonyl (C=O) groups is 2. The number of para-hydroxylation sites is 1. The number of carbonyl (C=O) groups excluding carboxylic acids is 1. The van der Waals surface area contributed by atoms with Crippen molar-refractivity contribution in [1.82, 2.24) is 15.2 Å². The van der Waals surface area contributed by atoms with Crippen molar-refractivity contribution in [3.05, 3.63) is 107 Å².